The Morgan fingerprint density at radius 1 is 0.366 bits per heavy atom. The molecule has 0 atom stereocenters. The molecular formula is C62H52N2O6Zn. The van der Waals surface area contributed by atoms with Gasteiger partial charge in [0.2, 0.25) is 0 Å². The Labute approximate surface area is 427 Å². The van der Waals surface area contributed by atoms with E-state index in [9.17, 15) is 19.8 Å². The van der Waals surface area contributed by atoms with Gasteiger partial charge in [0.25, 0.3) is 0 Å². The average molecular weight is 986 g/mol. The molecule has 0 bridgehead atoms. The van der Waals surface area contributed by atoms with Gasteiger partial charge in [-0.15, -0.1) is 0 Å². The fourth-order valence-electron chi connectivity index (χ4n) is 8.77. The summed E-state index contributed by atoms with van der Waals surface area (Å²) in [5, 5.41) is 24.2. The zero-order valence-electron chi connectivity index (χ0n) is 39.5. The van der Waals surface area contributed by atoms with Crippen LogP contribution in [-0.2, 0) is 67.6 Å². The molecule has 71 heavy (non-hydrogen) atoms. The van der Waals surface area contributed by atoms with Crippen molar-refractivity contribution in [2.75, 3.05) is 0 Å². The van der Waals surface area contributed by atoms with Crippen LogP contribution in [0.1, 0.15) is 46.2 Å². The Morgan fingerprint density at radius 3 is 1.06 bits per heavy atom. The van der Waals surface area contributed by atoms with Crippen molar-refractivity contribution >= 4 is 33.7 Å². The van der Waals surface area contributed by atoms with E-state index in [2.05, 4.69) is 119 Å². The summed E-state index contributed by atoms with van der Waals surface area (Å²) in [6.45, 7) is 0. The van der Waals surface area contributed by atoms with Gasteiger partial charge in [-0.25, -0.2) is 0 Å². The van der Waals surface area contributed by atoms with Gasteiger partial charge in [-0.3, -0.25) is 0 Å². The average Bonchev–Trinajstić information content (AvgIpc) is 3.95. The number of aryl methyl sites for hydroxylation is 6. The molecular weight excluding hydrogens is 934 g/mol. The van der Waals surface area contributed by atoms with E-state index in [0.717, 1.165) is 93.0 Å². The van der Waals surface area contributed by atoms with Crippen molar-refractivity contribution in [1.29, 1.82) is 0 Å². The zero-order chi connectivity index (χ0) is 48.1. The minimum atomic E-state index is -1.02. The molecule has 0 radical (unpaired) electrons. The van der Waals surface area contributed by atoms with Crippen LogP contribution in [0.2, 0.25) is 0 Å². The number of hydrogen-bond donors (Lipinski definition) is 0. The number of ether oxygens (including phenoxy) is 2. The minimum absolute atomic E-state index is 0. The van der Waals surface area contributed by atoms with Gasteiger partial charge in [-0.1, -0.05) is 109 Å². The number of aromatic nitrogens is 2. The second kappa shape index (κ2) is 24.0. The number of nitrogens with zero attached hydrogens (tertiary/aromatic N) is 2. The summed E-state index contributed by atoms with van der Waals surface area (Å²) in [7, 11) is 0. The molecule has 0 N–H and O–H groups in total. The predicted molar refractivity (Wildman–Crippen MR) is 274 cm³/mol. The number of benzene rings is 8. The molecule has 0 fully saturated rings. The van der Waals surface area contributed by atoms with Crippen molar-refractivity contribution < 1.29 is 48.8 Å². The Bertz CT molecular complexity index is 3070. The van der Waals surface area contributed by atoms with Gasteiger partial charge in [0, 0.05) is 46.5 Å². The van der Waals surface area contributed by atoms with Crippen LogP contribution in [0, 0.1) is 0 Å². The van der Waals surface area contributed by atoms with Gasteiger partial charge in [-0.2, -0.15) is 0 Å². The van der Waals surface area contributed by atoms with E-state index in [1.54, 1.807) is 0 Å². The molecule has 2 heterocycles. The van der Waals surface area contributed by atoms with Crippen molar-refractivity contribution in [2.45, 2.75) is 51.4 Å². The summed E-state index contributed by atoms with van der Waals surface area (Å²) in [6.07, 6.45) is 9.04. The third-order valence-electron chi connectivity index (χ3n) is 12.4. The van der Waals surface area contributed by atoms with E-state index in [1.165, 1.54) is 22.3 Å². The SMILES string of the molecule is O=C([O-])CCc1ccc2c(c1)c(CCc1ccccc1)cn2-c1ccc(Oc2ccccc2)cc1.O=C([O-])CCc1ccc2c(c1)c(CCc1ccccc1)cn2-c1ccc(Oc2ccccc2)cc1.[Zn+2]. The first-order chi connectivity index (χ1) is 34.3. The molecule has 0 amide bonds. The first kappa shape index (κ1) is 49.4. The molecule has 0 spiro atoms. The van der Waals surface area contributed by atoms with E-state index in [0.29, 0.717) is 12.8 Å². The fourth-order valence-corrected chi connectivity index (χ4v) is 8.77. The number of hydrogen-bond acceptors (Lipinski definition) is 6. The molecule has 0 aliphatic rings. The van der Waals surface area contributed by atoms with Gasteiger partial charge >= 0.3 is 19.5 Å². The van der Waals surface area contributed by atoms with Crippen molar-refractivity contribution in [3.05, 3.63) is 252 Å². The smallest absolute Gasteiger partial charge is 0.550 e. The van der Waals surface area contributed by atoms with Gasteiger partial charge in [0.15, 0.2) is 0 Å². The molecule has 8 nitrogen and oxygen atoms in total. The standard InChI is InChI=1S/2C31H27NO3.Zn/c2*33-31(34)20-13-24-12-19-30-29(21-24)25(14-11-23-7-3-1-4-8-23)22-32(30)26-15-17-28(18-16-26)35-27-9-5-2-6-10-27;/h2*1-10,12,15-19,21-22H,11,13-14,20H2,(H,33,34);/q;;+2/p-2. The normalized spacial score (nSPS) is 10.8. The largest absolute Gasteiger partial charge is 2.00 e. The number of carboxylic acid groups (broad SMARTS) is 2. The van der Waals surface area contributed by atoms with Gasteiger partial charge < -0.3 is 38.4 Å². The Kier molecular flexibility index (Phi) is 16.7. The molecule has 10 aromatic rings. The van der Waals surface area contributed by atoms with Crippen LogP contribution in [-0.4, -0.2) is 21.1 Å². The van der Waals surface area contributed by atoms with Crippen molar-refractivity contribution in [2.24, 2.45) is 0 Å². The summed E-state index contributed by atoms with van der Waals surface area (Å²) >= 11 is 0. The Balaban J connectivity index is 0.000000188. The molecule has 0 saturated heterocycles. The predicted octanol–water partition coefficient (Wildman–Crippen LogP) is 11.8. The minimum Gasteiger partial charge on any atom is -0.550 e. The van der Waals surface area contributed by atoms with Crippen LogP contribution in [0.5, 0.6) is 23.0 Å². The van der Waals surface area contributed by atoms with Crippen LogP contribution in [0.25, 0.3) is 33.2 Å². The van der Waals surface area contributed by atoms with Crippen LogP contribution in [0.4, 0.5) is 0 Å². The maximum atomic E-state index is 11.0. The Hall–Kier alpha value is -8.00. The van der Waals surface area contributed by atoms with E-state index in [1.807, 2.05) is 109 Å². The third-order valence-corrected chi connectivity index (χ3v) is 12.4. The second-order valence-electron chi connectivity index (χ2n) is 17.3. The number of para-hydroxylation sites is 2. The molecule has 8 aromatic carbocycles. The van der Waals surface area contributed by atoms with Crippen molar-refractivity contribution in [1.82, 2.24) is 9.13 Å². The van der Waals surface area contributed by atoms with Crippen LogP contribution in [0.15, 0.2) is 219 Å². The maximum absolute atomic E-state index is 11.0. The number of aliphatic carboxylic acids is 2. The van der Waals surface area contributed by atoms with Gasteiger partial charge in [0.05, 0.1) is 11.0 Å². The number of rotatable bonds is 18. The zero-order valence-corrected chi connectivity index (χ0v) is 42.5. The van der Waals surface area contributed by atoms with Crippen molar-refractivity contribution in [3.8, 4) is 34.4 Å². The first-order valence-electron chi connectivity index (χ1n) is 23.7. The number of carbonyl (C=O) groups excluding carboxylic acids is 2. The van der Waals surface area contributed by atoms with E-state index in [-0.39, 0.29) is 32.3 Å². The van der Waals surface area contributed by atoms with Crippen LogP contribution in [0.3, 0.4) is 0 Å². The molecule has 0 aliphatic carbocycles. The topological polar surface area (TPSA) is 109 Å². The first-order valence-corrected chi connectivity index (χ1v) is 23.7. The fraction of sp³-hybridized carbons (Fsp3) is 0.129. The van der Waals surface area contributed by atoms with E-state index in [4.69, 9.17) is 9.47 Å². The van der Waals surface area contributed by atoms with Crippen LogP contribution < -0.4 is 19.7 Å². The summed E-state index contributed by atoms with van der Waals surface area (Å²) < 4.78 is 16.3. The molecule has 10 rings (SSSR count). The van der Waals surface area contributed by atoms with Crippen molar-refractivity contribution in [3.63, 3.8) is 0 Å². The molecule has 0 saturated carbocycles. The molecule has 9 heteroatoms. The summed E-state index contributed by atoms with van der Waals surface area (Å²) in [5.41, 5.74) is 11.4. The molecule has 348 valence electrons. The number of fused-ring (bicyclic) bond motifs is 2. The van der Waals surface area contributed by atoms with Gasteiger partial charge in [0.1, 0.15) is 23.0 Å². The Morgan fingerprint density at radius 2 is 0.704 bits per heavy atom. The van der Waals surface area contributed by atoms with E-state index < -0.39 is 11.9 Å². The summed E-state index contributed by atoms with van der Waals surface area (Å²) in [6, 6.07) is 69.0. The molecule has 2 aromatic heterocycles. The number of carbonyl (C=O) groups is 2. The third kappa shape index (κ3) is 13.2. The second-order valence-corrected chi connectivity index (χ2v) is 17.3. The van der Waals surface area contributed by atoms with Gasteiger partial charge in [-0.05, 0) is 182 Å². The maximum Gasteiger partial charge on any atom is 2.00 e. The quantitative estimate of drug-likeness (QED) is 0.0792. The van der Waals surface area contributed by atoms with E-state index >= 15 is 0 Å². The summed E-state index contributed by atoms with van der Waals surface area (Å²) in [5.74, 6) is 1.13. The number of carboxylic acids is 2. The molecule has 0 aliphatic heterocycles. The monoisotopic (exact) mass is 984 g/mol. The molecule has 0 unspecified atom stereocenters. The summed E-state index contributed by atoms with van der Waals surface area (Å²) in [4.78, 5) is 21.9. The van der Waals surface area contributed by atoms with Crippen LogP contribution >= 0.6 is 0 Å².